The van der Waals surface area contributed by atoms with Crippen LogP contribution in [0.25, 0.3) is 11.3 Å². The first-order valence-corrected chi connectivity index (χ1v) is 10.8. The Morgan fingerprint density at radius 2 is 1.89 bits per heavy atom. The van der Waals surface area contributed by atoms with Crippen LogP contribution in [0, 0.1) is 10.1 Å². The highest BCUT2D eigenvalue weighted by molar-refractivity contribution is 7.91. The van der Waals surface area contributed by atoms with Crippen LogP contribution >= 0.6 is 11.3 Å². The lowest BCUT2D eigenvalue weighted by Crippen LogP contribution is -2.23. The van der Waals surface area contributed by atoms with E-state index in [4.69, 9.17) is 0 Å². The smallest absolute Gasteiger partial charge is 0.270 e. The van der Waals surface area contributed by atoms with Crippen molar-refractivity contribution in [2.75, 3.05) is 11.1 Å². The van der Waals surface area contributed by atoms with Gasteiger partial charge in [-0.05, 0) is 5.56 Å². The van der Waals surface area contributed by atoms with Crippen LogP contribution in [0.15, 0.2) is 60.0 Å². The molecular weight excluding hydrogens is 402 g/mol. The molecule has 3 aromatic rings. The predicted molar refractivity (Wildman–Crippen MR) is 107 cm³/mol. The van der Waals surface area contributed by atoms with Gasteiger partial charge in [0, 0.05) is 23.1 Å². The number of amides is 1. The Morgan fingerprint density at radius 3 is 2.61 bits per heavy atom. The highest BCUT2D eigenvalue weighted by Gasteiger charge is 2.19. The molecule has 0 saturated carbocycles. The van der Waals surface area contributed by atoms with E-state index in [0.29, 0.717) is 16.8 Å². The topological polar surface area (TPSA) is 119 Å². The second-order valence-corrected chi connectivity index (χ2v) is 8.83. The third-order valence-corrected chi connectivity index (χ3v) is 5.92. The Balaban J connectivity index is 1.65. The summed E-state index contributed by atoms with van der Waals surface area (Å²) < 4.78 is 24.4. The van der Waals surface area contributed by atoms with Crippen LogP contribution in [0.3, 0.4) is 0 Å². The van der Waals surface area contributed by atoms with E-state index >= 15 is 0 Å². The molecule has 0 unspecified atom stereocenters. The van der Waals surface area contributed by atoms with Crippen LogP contribution < -0.4 is 5.32 Å². The molecule has 144 valence electrons. The normalized spacial score (nSPS) is 11.1. The lowest BCUT2D eigenvalue weighted by Gasteiger charge is -2.04. The number of hydrogen-bond acceptors (Lipinski definition) is 7. The van der Waals surface area contributed by atoms with Crippen LogP contribution in [0.5, 0.6) is 0 Å². The zero-order chi connectivity index (χ0) is 20.1. The third-order valence-electron chi connectivity index (χ3n) is 3.68. The second-order valence-electron chi connectivity index (χ2n) is 5.91. The van der Waals surface area contributed by atoms with E-state index in [0.717, 1.165) is 11.3 Å². The van der Waals surface area contributed by atoms with E-state index in [1.807, 2.05) is 0 Å². The zero-order valence-electron chi connectivity index (χ0n) is 14.4. The van der Waals surface area contributed by atoms with Crippen molar-refractivity contribution in [1.82, 2.24) is 4.98 Å². The second kappa shape index (κ2) is 8.28. The first-order chi connectivity index (χ1) is 13.3. The predicted octanol–water partition coefficient (Wildman–Crippen LogP) is 3.27. The SMILES string of the molecule is O=C(CS(=O)(=O)Cc1ccccc1)Nc1nc(-c2cccc([N+](=O)[O-])c2)cs1. The van der Waals surface area contributed by atoms with E-state index < -0.39 is 26.4 Å². The van der Waals surface area contributed by atoms with Crippen LogP contribution in [-0.4, -0.2) is 30.0 Å². The van der Waals surface area contributed by atoms with Crippen LogP contribution in [0.4, 0.5) is 10.8 Å². The molecule has 0 aliphatic carbocycles. The van der Waals surface area contributed by atoms with E-state index in [1.165, 1.54) is 12.1 Å². The number of hydrogen-bond donors (Lipinski definition) is 1. The number of carbonyl (C=O) groups is 1. The molecule has 2 aromatic carbocycles. The Kier molecular flexibility index (Phi) is 5.81. The number of nitrogens with one attached hydrogen (secondary N) is 1. The molecule has 1 N–H and O–H groups in total. The Bertz CT molecular complexity index is 1110. The van der Waals surface area contributed by atoms with Crippen molar-refractivity contribution in [3.05, 3.63) is 75.7 Å². The Hall–Kier alpha value is -3.11. The summed E-state index contributed by atoms with van der Waals surface area (Å²) >= 11 is 1.11. The van der Waals surface area contributed by atoms with Crippen molar-refractivity contribution in [2.45, 2.75) is 5.75 Å². The first-order valence-electron chi connectivity index (χ1n) is 8.07. The summed E-state index contributed by atoms with van der Waals surface area (Å²) in [7, 11) is -3.62. The van der Waals surface area contributed by atoms with Gasteiger partial charge in [-0.3, -0.25) is 14.9 Å². The number of non-ortho nitro benzene ring substituents is 1. The third kappa shape index (κ3) is 5.21. The van der Waals surface area contributed by atoms with Crippen LogP contribution in [-0.2, 0) is 20.4 Å². The first kappa shape index (κ1) is 19.6. The number of benzene rings is 2. The maximum absolute atomic E-state index is 12.2. The number of nitro benzene ring substituents is 1. The molecular formula is C18H15N3O5S2. The van der Waals surface area contributed by atoms with Gasteiger partial charge in [-0.2, -0.15) is 0 Å². The lowest BCUT2D eigenvalue weighted by molar-refractivity contribution is -0.384. The van der Waals surface area contributed by atoms with Gasteiger partial charge >= 0.3 is 0 Å². The Labute approximate surface area is 164 Å². The van der Waals surface area contributed by atoms with E-state index in [2.05, 4.69) is 10.3 Å². The molecule has 0 fully saturated rings. The monoisotopic (exact) mass is 417 g/mol. The van der Waals surface area contributed by atoms with Gasteiger partial charge in [0.2, 0.25) is 5.91 Å². The van der Waals surface area contributed by atoms with E-state index in [-0.39, 0.29) is 16.6 Å². The summed E-state index contributed by atoms with van der Waals surface area (Å²) in [4.78, 5) is 26.7. The molecule has 0 aliphatic heterocycles. The molecule has 0 bridgehead atoms. The summed E-state index contributed by atoms with van der Waals surface area (Å²) in [5, 5.41) is 15.2. The van der Waals surface area contributed by atoms with Crippen molar-refractivity contribution in [1.29, 1.82) is 0 Å². The van der Waals surface area contributed by atoms with Gasteiger partial charge in [-0.25, -0.2) is 13.4 Å². The van der Waals surface area contributed by atoms with Gasteiger partial charge in [0.25, 0.3) is 5.69 Å². The molecule has 0 atom stereocenters. The molecule has 0 aliphatic rings. The summed E-state index contributed by atoms with van der Waals surface area (Å²) in [6.07, 6.45) is 0. The van der Waals surface area contributed by atoms with Gasteiger partial charge in [-0.1, -0.05) is 42.5 Å². The summed E-state index contributed by atoms with van der Waals surface area (Å²) in [6.45, 7) is 0. The van der Waals surface area contributed by atoms with E-state index in [1.54, 1.807) is 47.8 Å². The highest BCUT2D eigenvalue weighted by atomic mass is 32.2. The van der Waals surface area contributed by atoms with Crippen LogP contribution in [0.2, 0.25) is 0 Å². The maximum atomic E-state index is 12.2. The molecule has 0 radical (unpaired) electrons. The minimum absolute atomic E-state index is 0.0666. The van der Waals surface area contributed by atoms with Gasteiger partial charge in [0.15, 0.2) is 15.0 Å². The molecule has 1 amide bonds. The molecule has 3 rings (SSSR count). The number of rotatable bonds is 7. The molecule has 0 spiro atoms. The fraction of sp³-hybridized carbons (Fsp3) is 0.111. The van der Waals surface area contributed by atoms with Crippen molar-refractivity contribution in [3.63, 3.8) is 0 Å². The van der Waals surface area contributed by atoms with Crippen molar-refractivity contribution in [3.8, 4) is 11.3 Å². The van der Waals surface area contributed by atoms with Crippen molar-refractivity contribution < 1.29 is 18.1 Å². The average Bonchev–Trinajstić information content (AvgIpc) is 3.10. The molecule has 1 heterocycles. The summed E-state index contributed by atoms with van der Waals surface area (Å²) in [5.41, 5.74) is 1.53. The number of nitro groups is 1. The van der Waals surface area contributed by atoms with Crippen LogP contribution in [0.1, 0.15) is 5.56 Å². The quantitative estimate of drug-likeness (QED) is 0.465. The van der Waals surface area contributed by atoms with Gasteiger partial charge < -0.3 is 5.32 Å². The lowest BCUT2D eigenvalue weighted by atomic mass is 10.1. The molecule has 8 nitrogen and oxygen atoms in total. The molecule has 10 heteroatoms. The fourth-order valence-electron chi connectivity index (χ4n) is 2.48. The summed E-state index contributed by atoms with van der Waals surface area (Å²) in [6, 6.07) is 14.6. The molecule has 0 saturated heterocycles. The fourth-order valence-corrected chi connectivity index (χ4v) is 4.49. The van der Waals surface area contributed by atoms with Gasteiger partial charge in [0.1, 0.15) is 5.75 Å². The highest BCUT2D eigenvalue weighted by Crippen LogP contribution is 2.27. The number of thiazole rings is 1. The van der Waals surface area contributed by atoms with Crippen molar-refractivity contribution >= 4 is 37.9 Å². The van der Waals surface area contributed by atoms with E-state index in [9.17, 15) is 23.3 Å². The Morgan fingerprint density at radius 1 is 1.14 bits per heavy atom. The molecule has 28 heavy (non-hydrogen) atoms. The zero-order valence-corrected chi connectivity index (χ0v) is 16.1. The van der Waals surface area contributed by atoms with Crippen molar-refractivity contribution in [2.24, 2.45) is 0 Å². The summed E-state index contributed by atoms with van der Waals surface area (Å²) in [5.74, 6) is -1.57. The number of nitrogens with zero attached hydrogens (tertiary/aromatic N) is 2. The standard InChI is InChI=1S/C18H15N3O5S2/c22-17(12-28(25,26)11-13-5-2-1-3-6-13)20-18-19-16(10-27-18)14-7-4-8-15(9-14)21(23)24/h1-10H,11-12H2,(H,19,20,22). The average molecular weight is 417 g/mol. The number of aromatic nitrogens is 1. The maximum Gasteiger partial charge on any atom is 0.270 e. The molecule has 1 aromatic heterocycles. The number of anilines is 1. The largest absolute Gasteiger partial charge is 0.301 e. The minimum atomic E-state index is -3.62. The minimum Gasteiger partial charge on any atom is -0.301 e. The van der Waals surface area contributed by atoms with Gasteiger partial charge in [-0.15, -0.1) is 11.3 Å². The van der Waals surface area contributed by atoms with Gasteiger partial charge in [0.05, 0.1) is 16.4 Å². The number of sulfone groups is 1. The number of carbonyl (C=O) groups excluding carboxylic acids is 1.